The molecule has 0 radical (unpaired) electrons. The number of rotatable bonds is 4. The fraction of sp³-hybridized carbons (Fsp3) is 0.556. The Morgan fingerprint density at radius 2 is 1.96 bits per heavy atom. The largest absolute Gasteiger partial charge is 0.331 e. The monoisotopic (exact) mass is 347 g/mol. The van der Waals surface area contributed by atoms with Gasteiger partial charge in [-0.05, 0) is 44.4 Å². The van der Waals surface area contributed by atoms with Gasteiger partial charge in [0.25, 0.3) is 0 Å². The van der Waals surface area contributed by atoms with E-state index in [-0.39, 0.29) is 29.9 Å². The minimum atomic E-state index is -0.0625. The Morgan fingerprint density at radius 1 is 1.25 bits per heavy atom. The van der Waals surface area contributed by atoms with E-state index in [4.69, 9.17) is 0 Å². The van der Waals surface area contributed by atoms with Crippen molar-refractivity contribution in [2.24, 2.45) is 5.92 Å². The van der Waals surface area contributed by atoms with Crippen LogP contribution in [0.25, 0.3) is 0 Å². The lowest BCUT2D eigenvalue weighted by Gasteiger charge is -2.34. The molecule has 1 saturated heterocycles. The maximum Gasteiger partial charge on any atom is 0.318 e. The van der Waals surface area contributed by atoms with E-state index in [1.165, 1.54) is 0 Å². The summed E-state index contributed by atoms with van der Waals surface area (Å²) in [6, 6.07) is 7.94. The van der Waals surface area contributed by atoms with Crippen molar-refractivity contribution in [2.45, 2.75) is 38.8 Å². The highest BCUT2D eigenvalue weighted by Crippen LogP contribution is 2.30. The lowest BCUT2D eigenvalue weighted by Crippen LogP contribution is -2.49. The highest BCUT2D eigenvalue weighted by atomic mass is 32.2. The van der Waals surface area contributed by atoms with Gasteiger partial charge in [0.2, 0.25) is 5.91 Å². The van der Waals surface area contributed by atoms with Gasteiger partial charge in [0.05, 0.1) is 6.04 Å². The zero-order valence-electron chi connectivity index (χ0n) is 14.2. The predicted molar refractivity (Wildman–Crippen MR) is 98.2 cm³/mol. The first-order valence-electron chi connectivity index (χ1n) is 8.60. The van der Waals surface area contributed by atoms with E-state index in [0.29, 0.717) is 0 Å². The molecule has 1 aromatic rings. The molecule has 0 bridgehead atoms. The van der Waals surface area contributed by atoms with Gasteiger partial charge >= 0.3 is 6.03 Å². The lowest BCUT2D eigenvalue weighted by molar-refractivity contribution is -0.117. The Labute approximate surface area is 147 Å². The summed E-state index contributed by atoms with van der Waals surface area (Å²) in [4.78, 5) is 26.1. The van der Waals surface area contributed by atoms with E-state index < -0.39 is 0 Å². The molecule has 2 atom stereocenters. The molecular formula is C18H25N3O2S. The molecule has 0 aromatic heterocycles. The van der Waals surface area contributed by atoms with Gasteiger partial charge < -0.3 is 15.5 Å². The van der Waals surface area contributed by atoms with Crippen LogP contribution in [0.15, 0.2) is 24.3 Å². The van der Waals surface area contributed by atoms with Crippen LogP contribution in [-0.4, -0.2) is 40.9 Å². The van der Waals surface area contributed by atoms with Crippen LogP contribution >= 0.6 is 11.8 Å². The smallest absolute Gasteiger partial charge is 0.318 e. The summed E-state index contributed by atoms with van der Waals surface area (Å²) in [5.41, 5.74) is 1.85. The van der Waals surface area contributed by atoms with Crippen molar-refractivity contribution in [3.63, 3.8) is 0 Å². The molecule has 3 rings (SSSR count). The summed E-state index contributed by atoms with van der Waals surface area (Å²) in [5, 5.41) is 6.01. The average Bonchev–Trinajstić information content (AvgIpc) is 3.40. The number of nitrogens with zero attached hydrogens (tertiary/aromatic N) is 1. The highest BCUT2D eigenvalue weighted by Gasteiger charge is 2.29. The van der Waals surface area contributed by atoms with Crippen LogP contribution in [0.2, 0.25) is 0 Å². The third-order valence-electron chi connectivity index (χ3n) is 4.59. The number of hydrogen-bond donors (Lipinski definition) is 2. The van der Waals surface area contributed by atoms with E-state index >= 15 is 0 Å². The third kappa shape index (κ3) is 4.23. The molecule has 1 heterocycles. The van der Waals surface area contributed by atoms with Crippen LogP contribution in [0.5, 0.6) is 0 Å². The molecule has 1 aromatic carbocycles. The lowest BCUT2D eigenvalue weighted by atomic mass is 10.1. The van der Waals surface area contributed by atoms with Crippen LogP contribution < -0.4 is 10.6 Å². The van der Waals surface area contributed by atoms with E-state index in [2.05, 4.69) is 17.6 Å². The maximum absolute atomic E-state index is 12.4. The number of nitrogens with one attached hydrogen (secondary N) is 2. The Balaban J connectivity index is 1.55. The Kier molecular flexibility index (Phi) is 5.33. The van der Waals surface area contributed by atoms with E-state index in [1.54, 1.807) is 0 Å². The number of benzene rings is 1. The van der Waals surface area contributed by atoms with E-state index in [9.17, 15) is 9.59 Å². The second kappa shape index (κ2) is 7.47. The molecule has 3 amide bonds. The number of anilines is 1. The van der Waals surface area contributed by atoms with Crippen molar-refractivity contribution in [3.05, 3.63) is 29.8 Å². The van der Waals surface area contributed by atoms with Crippen molar-refractivity contribution in [1.29, 1.82) is 0 Å². The summed E-state index contributed by atoms with van der Waals surface area (Å²) in [6.07, 6.45) is 2.00. The molecule has 1 aliphatic carbocycles. The molecule has 0 unspecified atom stereocenters. The number of carbonyl (C=O) groups is 2. The fourth-order valence-corrected chi connectivity index (χ4v) is 3.84. The molecule has 6 heteroatoms. The second-order valence-electron chi connectivity index (χ2n) is 6.67. The molecule has 1 saturated carbocycles. The van der Waals surface area contributed by atoms with Crippen LogP contribution in [0.3, 0.4) is 0 Å². The molecular weight excluding hydrogens is 322 g/mol. The summed E-state index contributed by atoms with van der Waals surface area (Å²) in [6.45, 7) is 4.88. The van der Waals surface area contributed by atoms with Crippen molar-refractivity contribution < 1.29 is 9.59 Å². The summed E-state index contributed by atoms with van der Waals surface area (Å²) in [7, 11) is 0. The van der Waals surface area contributed by atoms with Crippen LogP contribution in [0, 0.1) is 5.92 Å². The number of urea groups is 1. The normalized spacial score (nSPS) is 21.9. The molecule has 2 fully saturated rings. The molecule has 130 valence electrons. The number of carbonyl (C=O) groups excluding carboxylic acids is 2. The van der Waals surface area contributed by atoms with Crippen LogP contribution in [0.4, 0.5) is 10.5 Å². The second-order valence-corrected chi connectivity index (χ2v) is 7.82. The van der Waals surface area contributed by atoms with Gasteiger partial charge in [0.1, 0.15) is 0 Å². The first-order valence-corrected chi connectivity index (χ1v) is 9.76. The van der Waals surface area contributed by atoms with Gasteiger partial charge in [-0.25, -0.2) is 4.79 Å². The molecule has 1 aliphatic heterocycles. The maximum atomic E-state index is 12.4. The summed E-state index contributed by atoms with van der Waals surface area (Å²) < 4.78 is 0. The quantitative estimate of drug-likeness (QED) is 0.879. The Hall–Kier alpha value is -1.69. The Morgan fingerprint density at radius 3 is 2.58 bits per heavy atom. The third-order valence-corrected chi connectivity index (χ3v) is 5.78. The highest BCUT2D eigenvalue weighted by molar-refractivity contribution is 7.99. The van der Waals surface area contributed by atoms with Gasteiger partial charge in [-0.15, -0.1) is 0 Å². The zero-order chi connectivity index (χ0) is 17.1. The van der Waals surface area contributed by atoms with Crippen molar-refractivity contribution in [1.82, 2.24) is 10.2 Å². The molecule has 0 spiro atoms. The minimum Gasteiger partial charge on any atom is -0.331 e. The standard InChI is InChI=1S/C18H25N3O2S/c1-12-11-24-10-9-21(12)18(23)19-13(2)14-5-7-16(8-6-14)20-17(22)15-3-4-15/h5-8,12-13,15H,3-4,9-11H2,1-2H3,(H,19,23)(H,20,22)/t12-,13+/m0/s1. The van der Waals surface area contributed by atoms with E-state index in [1.807, 2.05) is 47.9 Å². The van der Waals surface area contributed by atoms with Gasteiger partial charge in [-0.3, -0.25) is 4.79 Å². The first-order chi connectivity index (χ1) is 11.5. The minimum absolute atomic E-state index is 0.00131. The average molecular weight is 347 g/mol. The SMILES string of the molecule is C[C@@H](NC(=O)N1CCSC[C@@H]1C)c1ccc(NC(=O)C2CC2)cc1. The molecule has 2 aliphatic rings. The topological polar surface area (TPSA) is 61.4 Å². The number of amides is 3. The molecule has 5 nitrogen and oxygen atoms in total. The van der Waals surface area contributed by atoms with Gasteiger partial charge in [-0.1, -0.05) is 12.1 Å². The first kappa shape index (κ1) is 17.1. The summed E-state index contributed by atoms with van der Waals surface area (Å²) >= 11 is 1.90. The predicted octanol–water partition coefficient (Wildman–Crippen LogP) is 3.24. The molecule has 2 N–H and O–H groups in total. The number of hydrogen-bond acceptors (Lipinski definition) is 3. The van der Waals surface area contributed by atoms with E-state index in [0.717, 1.165) is 42.1 Å². The van der Waals surface area contributed by atoms with Gasteiger partial charge in [0.15, 0.2) is 0 Å². The molecule has 24 heavy (non-hydrogen) atoms. The summed E-state index contributed by atoms with van der Waals surface area (Å²) in [5.74, 6) is 2.31. The van der Waals surface area contributed by atoms with Crippen molar-refractivity contribution >= 4 is 29.4 Å². The van der Waals surface area contributed by atoms with Crippen molar-refractivity contribution in [3.8, 4) is 0 Å². The van der Waals surface area contributed by atoms with Gasteiger partial charge in [0, 0.05) is 35.7 Å². The van der Waals surface area contributed by atoms with Crippen LogP contribution in [-0.2, 0) is 4.79 Å². The Bertz CT molecular complexity index is 601. The van der Waals surface area contributed by atoms with Gasteiger partial charge in [-0.2, -0.15) is 11.8 Å². The zero-order valence-corrected chi connectivity index (χ0v) is 15.1. The fourth-order valence-electron chi connectivity index (χ4n) is 2.83. The van der Waals surface area contributed by atoms with Crippen LogP contribution in [0.1, 0.15) is 38.3 Å². The van der Waals surface area contributed by atoms with Crippen molar-refractivity contribution in [2.75, 3.05) is 23.4 Å². The number of thioether (sulfide) groups is 1.